The summed E-state index contributed by atoms with van der Waals surface area (Å²) in [7, 11) is 0. The number of rotatable bonds is 4. The highest BCUT2D eigenvalue weighted by atomic mass is 15.0. The third-order valence-corrected chi connectivity index (χ3v) is 0.894. The fourth-order valence-electron chi connectivity index (χ4n) is 0.456. The smallest absolute Gasteiger partial charge is 0.207 e. The average molecular weight is 129 g/mol. The number of guanidine groups is 1. The summed E-state index contributed by atoms with van der Waals surface area (Å²) < 4.78 is 0. The molecule has 4 heteroatoms. The zero-order valence-corrected chi connectivity index (χ0v) is 5.43. The van der Waals surface area contributed by atoms with Crippen LogP contribution in [-0.2, 0) is 0 Å². The van der Waals surface area contributed by atoms with Crippen LogP contribution in [0.5, 0.6) is 0 Å². The number of nitrogens with two attached hydrogens (primary N) is 2. The van der Waals surface area contributed by atoms with Crippen LogP contribution in [0.15, 0.2) is 0 Å². The van der Waals surface area contributed by atoms with Crippen molar-refractivity contribution in [3.8, 4) is 0 Å². The summed E-state index contributed by atoms with van der Waals surface area (Å²) in [4.78, 5) is 0. The van der Waals surface area contributed by atoms with E-state index in [1.54, 1.807) is 0 Å². The summed E-state index contributed by atoms with van der Waals surface area (Å²) in [6.45, 7) is 1.32. The van der Waals surface area contributed by atoms with Gasteiger partial charge in [-0.1, -0.05) is 0 Å². The first-order chi connectivity index (χ1) is 4.27. The van der Waals surface area contributed by atoms with Crippen LogP contribution in [0.3, 0.4) is 0 Å². The van der Waals surface area contributed by atoms with E-state index in [-0.39, 0.29) is 5.96 Å². The molecule has 0 saturated carbocycles. The normalized spacial score (nSPS) is 9.00. The number of nitrogens with one attached hydrogen (secondary N) is 1. The van der Waals surface area contributed by atoms with E-state index in [2.05, 4.69) is 5.32 Å². The van der Waals surface area contributed by atoms with Gasteiger partial charge in [-0.3, -0.25) is 10.7 Å². The number of hydrogen-bond donors (Lipinski definition) is 3. The third-order valence-electron chi connectivity index (χ3n) is 0.894. The molecule has 0 spiro atoms. The molecule has 0 aromatic heterocycles. The van der Waals surface area contributed by atoms with Gasteiger partial charge in [-0.15, -0.1) is 0 Å². The Morgan fingerprint density at radius 2 is 2.11 bits per heavy atom. The lowest BCUT2D eigenvalue weighted by Gasteiger charge is -1.97. The lowest BCUT2D eigenvalue weighted by molar-refractivity contribution is 0.708. The van der Waals surface area contributed by atoms with E-state index in [0.29, 0.717) is 13.1 Å². The van der Waals surface area contributed by atoms with E-state index in [1.165, 1.54) is 0 Å². The average Bonchev–Trinajstić information content (AvgIpc) is 1.80. The Hall–Kier alpha value is -0.770. The summed E-state index contributed by atoms with van der Waals surface area (Å²) >= 11 is 0. The van der Waals surface area contributed by atoms with Crippen LogP contribution in [-0.4, -0.2) is 19.0 Å². The van der Waals surface area contributed by atoms with Gasteiger partial charge in [0.05, 0.1) is 0 Å². The Labute approximate surface area is 55.1 Å². The van der Waals surface area contributed by atoms with Gasteiger partial charge in [0, 0.05) is 6.54 Å². The molecule has 0 aliphatic carbocycles. The molecule has 4 nitrogen and oxygen atoms in total. The van der Waals surface area contributed by atoms with E-state index < -0.39 is 0 Å². The maximum atomic E-state index is 6.71. The maximum absolute atomic E-state index is 6.71. The second-order valence-electron chi connectivity index (χ2n) is 1.76. The molecule has 5 N–H and O–H groups in total. The molecule has 0 amide bonds. The van der Waals surface area contributed by atoms with Crippen LogP contribution >= 0.6 is 0 Å². The van der Waals surface area contributed by atoms with E-state index in [9.17, 15) is 0 Å². The largest absolute Gasteiger partial charge is 0.369 e. The lowest BCUT2D eigenvalue weighted by Crippen LogP contribution is -2.24. The molecule has 0 unspecified atom stereocenters. The second-order valence-corrected chi connectivity index (χ2v) is 1.76. The lowest BCUT2D eigenvalue weighted by atomic mass is 10.3. The van der Waals surface area contributed by atoms with E-state index in [4.69, 9.17) is 16.9 Å². The summed E-state index contributed by atoms with van der Waals surface area (Å²) in [6.07, 6.45) is 1.88. The first-order valence-electron chi connectivity index (χ1n) is 2.99. The predicted octanol–water partition coefficient (Wildman–Crippen LogP) is -0.777. The first-order valence-corrected chi connectivity index (χ1v) is 2.99. The van der Waals surface area contributed by atoms with Crippen molar-refractivity contribution in [3.63, 3.8) is 0 Å². The van der Waals surface area contributed by atoms with Gasteiger partial charge in [-0.2, -0.15) is 0 Å². The fourth-order valence-corrected chi connectivity index (χ4v) is 0.456. The van der Waals surface area contributed by atoms with E-state index >= 15 is 0 Å². The standard InChI is InChI=1S/C5H13N4/c6-3-1-2-4-9-5(7)8/h1-4,6H2,(H3,7,8). The van der Waals surface area contributed by atoms with E-state index in [1.807, 2.05) is 0 Å². The van der Waals surface area contributed by atoms with Crippen molar-refractivity contribution in [2.24, 2.45) is 11.5 Å². The maximum Gasteiger partial charge on any atom is 0.207 e. The van der Waals surface area contributed by atoms with Gasteiger partial charge in [-0.25, -0.2) is 0 Å². The number of hydrogen-bond acceptors (Lipinski definition) is 2. The van der Waals surface area contributed by atoms with Gasteiger partial charge >= 0.3 is 0 Å². The second kappa shape index (κ2) is 5.37. The summed E-state index contributed by atoms with van der Waals surface area (Å²) in [5.41, 5.74) is 10.2. The fraction of sp³-hybridized carbons (Fsp3) is 0.800. The van der Waals surface area contributed by atoms with Crippen molar-refractivity contribution in [2.45, 2.75) is 12.8 Å². The third kappa shape index (κ3) is 7.23. The molecule has 0 bridgehead atoms. The Balaban J connectivity index is 2.83. The molecule has 0 heterocycles. The summed E-state index contributed by atoms with van der Waals surface area (Å²) in [6, 6.07) is 0. The van der Waals surface area contributed by atoms with Crippen molar-refractivity contribution >= 4 is 5.96 Å². The minimum atomic E-state index is -0.0907. The van der Waals surface area contributed by atoms with Gasteiger partial charge in [0.25, 0.3) is 0 Å². The minimum absolute atomic E-state index is 0.0907. The van der Waals surface area contributed by atoms with Crippen LogP contribution < -0.4 is 16.8 Å². The first kappa shape index (κ1) is 8.23. The zero-order valence-electron chi connectivity index (χ0n) is 5.43. The van der Waals surface area contributed by atoms with Gasteiger partial charge < -0.3 is 11.5 Å². The summed E-state index contributed by atoms with van der Waals surface area (Å²) in [5, 5.41) is 10.4. The van der Waals surface area contributed by atoms with Crippen molar-refractivity contribution in [1.29, 1.82) is 5.41 Å². The summed E-state index contributed by atoms with van der Waals surface area (Å²) in [5.74, 6) is -0.0907. The van der Waals surface area contributed by atoms with Crippen LogP contribution in [0.25, 0.3) is 0 Å². The quantitative estimate of drug-likeness (QED) is 0.264. The molecule has 0 rings (SSSR count). The van der Waals surface area contributed by atoms with Gasteiger partial charge in [0.1, 0.15) is 0 Å². The predicted molar refractivity (Wildman–Crippen MR) is 37.2 cm³/mol. The Morgan fingerprint density at radius 1 is 1.44 bits per heavy atom. The molecule has 0 aliphatic heterocycles. The van der Waals surface area contributed by atoms with Gasteiger partial charge in [0.2, 0.25) is 5.96 Å². The molecule has 0 fully saturated rings. The highest BCUT2D eigenvalue weighted by Gasteiger charge is 1.88. The monoisotopic (exact) mass is 129 g/mol. The van der Waals surface area contributed by atoms with Crippen LogP contribution in [0.1, 0.15) is 12.8 Å². The number of unbranched alkanes of at least 4 members (excludes halogenated alkanes) is 1. The molecule has 0 aromatic carbocycles. The topological polar surface area (TPSA) is 90.0 Å². The van der Waals surface area contributed by atoms with Crippen molar-refractivity contribution < 1.29 is 0 Å². The van der Waals surface area contributed by atoms with Gasteiger partial charge in [0.15, 0.2) is 0 Å². The Kier molecular flexibility index (Phi) is 4.91. The van der Waals surface area contributed by atoms with Crippen LogP contribution in [0, 0.1) is 5.41 Å². The molecular formula is C5H13N4. The highest BCUT2D eigenvalue weighted by Crippen LogP contribution is 1.81. The SMILES string of the molecule is N=C(N)[N]CCCCN. The Bertz CT molecular complexity index is 81.0. The van der Waals surface area contributed by atoms with Crippen molar-refractivity contribution in [3.05, 3.63) is 0 Å². The highest BCUT2D eigenvalue weighted by molar-refractivity contribution is 5.73. The molecule has 53 valence electrons. The molecule has 9 heavy (non-hydrogen) atoms. The van der Waals surface area contributed by atoms with Crippen LogP contribution in [0.4, 0.5) is 0 Å². The van der Waals surface area contributed by atoms with E-state index in [0.717, 1.165) is 12.8 Å². The van der Waals surface area contributed by atoms with Crippen LogP contribution in [0.2, 0.25) is 0 Å². The minimum Gasteiger partial charge on any atom is -0.369 e. The molecular weight excluding hydrogens is 116 g/mol. The molecule has 0 aromatic rings. The molecule has 1 radical (unpaired) electrons. The molecule has 0 saturated heterocycles. The Morgan fingerprint density at radius 3 is 2.56 bits per heavy atom. The zero-order chi connectivity index (χ0) is 7.11. The van der Waals surface area contributed by atoms with Crippen molar-refractivity contribution in [2.75, 3.05) is 13.1 Å². The van der Waals surface area contributed by atoms with Crippen molar-refractivity contribution in [1.82, 2.24) is 5.32 Å². The van der Waals surface area contributed by atoms with Gasteiger partial charge in [-0.05, 0) is 19.4 Å². The molecule has 0 aliphatic rings. The number of nitrogens with zero attached hydrogens (tertiary/aromatic N) is 1. The molecule has 0 atom stereocenters.